The monoisotopic (exact) mass is 180 g/mol. The van der Waals surface area contributed by atoms with Crippen LogP contribution < -0.4 is 0 Å². The summed E-state index contributed by atoms with van der Waals surface area (Å²) >= 11 is 3.61. The minimum atomic E-state index is 1.36. The number of hydrogen-bond donors (Lipinski definition) is 0. The Kier molecular flexibility index (Phi) is 1.80. The standard InChI is InChI=1S/C9H8S2/c1-7-5-8(6-11-7)9-3-2-4-10-9/h2-6H,1H3. The molecule has 0 aliphatic carbocycles. The molecule has 0 saturated carbocycles. The van der Waals surface area contributed by atoms with Crippen molar-refractivity contribution in [1.82, 2.24) is 0 Å². The van der Waals surface area contributed by atoms with Gasteiger partial charge in [0.2, 0.25) is 0 Å². The van der Waals surface area contributed by atoms with E-state index in [0.29, 0.717) is 0 Å². The summed E-state index contributed by atoms with van der Waals surface area (Å²) in [5.74, 6) is 0. The summed E-state index contributed by atoms with van der Waals surface area (Å²) in [6, 6.07) is 6.48. The van der Waals surface area contributed by atoms with Crippen LogP contribution in [0.15, 0.2) is 29.0 Å². The van der Waals surface area contributed by atoms with Gasteiger partial charge in [0, 0.05) is 15.3 Å². The molecule has 0 amide bonds. The van der Waals surface area contributed by atoms with Crippen LogP contribution in [0.4, 0.5) is 0 Å². The Balaban J connectivity index is 2.45. The lowest BCUT2D eigenvalue weighted by Gasteiger charge is -1.86. The van der Waals surface area contributed by atoms with E-state index in [2.05, 4.69) is 35.9 Å². The first-order valence-electron chi connectivity index (χ1n) is 3.45. The van der Waals surface area contributed by atoms with Gasteiger partial charge in [-0.15, -0.1) is 22.7 Å². The molecule has 0 radical (unpaired) electrons. The molecule has 2 aromatic heterocycles. The lowest BCUT2D eigenvalue weighted by atomic mass is 10.3. The molecule has 0 aromatic carbocycles. The Hall–Kier alpha value is -0.600. The predicted octanol–water partition coefficient (Wildman–Crippen LogP) is 3.79. The molecule has 56 valence electrons. The zero-order chi connectivity index (χ0) is 7.68. The third-order valence-electron chi connectivity index (χ3n) is 1.54. The normalized spacial score (nSPS) is 10.3. The van der Waals surface area contributed by atoms with E-state index in [0.717, 1.165) is 0 Å². The number of hydrogen-bond acceptors (Lipinski definition) is 2. The van der Waals surface area contributed by atoms with E-state index in [4.69, 9.17) is 0 Å². The minimum absolute atomic E-state index is 1.36. The third-order valence-corrected chi connectivity index (χ3v) is 3.32. The molecule has 0 fully saturated rings. The van der Waals surface area contributed by atoms with Crippen LogP contribution in [0, 0.1) is 6.92 Å². The quantitative estimate of drug-likeness (QED) is 0.626. The van der Waals surface area contributed by atoms with Crippen molar-refractivity contribution in [2.24, 2.45) is 0 Å². The molecular weight excluding hydrogens is 172 g/mol. The second kappa shape index (κ2) is 2.80. The van der Waals surface area contributed by atoms with Gasteiger partial charge in [0.1, 0.15) is 0 Å². The lowest BCUT2D eigenvalue weighted by Crippen LogP contribution is -1.60. The molecule has 2 aromatic rings. The Labute approximate surface area is 74.1 Å². The molecule has 2 heterocycles. The molecule has 0 bridgehead atoms. The highest BCUT2D eigenvalue weighted by molar-refractivity contribution is 7.14. The fourth-order valence-electron chi connectivity index (χ4n) is 1.02. The van der Waals surface area contributed by atoms with Gasteiger partial charge in [0.15, 0.2) is 0 Å². The summed E-state index contributed by atoms with van der Waals surface area (Å²) in [6.45, 7) is 2.14. The first kappa shape index (κ1) is 7.07. The first-order chi connectivity index (χ1) is 5.36. The largest absolute Gasteiger partial charge is 0.149 e. The molecular formula is C9H8S2. The highest BCUT2D eigenvalue weighted by Crippen LogP contribution is 2.28. The molecule has 11 heavy (non-hydrogen) atoms. The predicted molar refractivity (Wildman–Crippen MR) is 52.4 cm³/mol. The van der Waals surface area contributed by atoms with Crippen LogP contribution in [0.2, 0.25) is 0 Å². The van der Waals surface area contributed by atoms with Crippen molar-refractivity contribution in [2.45, 2.75) is 6.92 Å². The molecule has 0 spiro atoms. The van der Waals surface area contributed by atoms with Crippen molar-refractivity contribution in [3.05, 3.63) is 33.8 Å². The van der Waals surface area contributed by atoms with Gasteiger partial charge in [-0.2, -0.15) is 0 Å². The van der Waals surface area contributed by atoms with Crippen LogP contribution in [-0.2, 0) is 0 Å². The van der Waals surface area contributed by atoms with E-state index in [1.807, 2.05) is 11.3 Å². The van der Waals surface area contributed by atoms with E-state index in [9.17, 15) is 0 Å². The van der Waals surface area contributed by atoms with Gasteiger partial charge in [-0.3, -0.25) is 0 Å². The van der Waals surface area contributed by atoms with E-state index in [1.165, 1.54) is 15.3 Å². The summed E-state index contributed by atoms with van der Waals surface area (Å²) < 4.78 is 0. The molecule has 0 saturated heterocycles. The molecule has 2 heteroatoms. The number of thiophene rings is 2. The minimum Gasteiger partial charge on any atom is -0.149 e. The highest BCUT2D eigenvalue weighted by Gasteiger charge is 1.98. The van der Waals surface area contributed by atoms with Crippen molar-refractivity contribution in [3.63, 3.8) is 0 Å². The zero-order valence-electron chi connectivity index (χ0n) is 6.20. The van der Waals surface area contributed by atoms with E-state index in [-0.39, 0.29) is 0 Å². The summed E-state index contributed by atoms with van der Waals surface area (Å²) in [4.78, 5) is 2.75. The van der Waals surface area contributed by atoms with Gasteiger partial charge in [-0.05, 0) is 29.8 Å². The van der Waals surface area contributed by atoms with Crippen molar-refractivity contribution in [1.29, 1.82) is 0 Å². The average molecular weight is 180 g/mol. The van der Waals surface area contributed by atoms with Crippen molar-refractivity contribution in [3.8, 4) is 10.4 Å². The van der Waals surface area contributed by atoms with Gasteiger partial charge in [0.05, 0.1) is 0 Å². The van der Waals surface area contributed by atoms with Crippen LogP contribution >= 0.6 is 22.7 Å². The maximum atomic E-state index is 2.23. The van der Waals surface area contributed by atoms with Gasteiger partial charge in [-0.25, -0.2) is 0 Å². The molecule has 2 rings (SSSR count). The lowest BCUT2D eigenvalue weighted by molar-refractivity contribution is 1.64. The Bertz CT molecular complexity index is 330. The second-order valence-electron chi connectivity index (χ2n) is 2.42. The molecule has 0 aliphatic heterocycles. The van der Waals surface area contributed by atoms with Gasteiger partial charge >= 0.3 is 0 Å². The van der Waals surface area contributed by atoms with Crippen molar-refractivity contribution < 1.29 is 0 Å². The van der Waals surface area contributed by atoms with E-state index < -0.39 is 0 Å². The topological polar surface area (TPSA) is 0 Å². The van der Waals surface area contributed by atoms with Gasteiger partial charge in [-0.1, -0.05) is 6.07 Å². The molecule has 0 atom stereocenters. The van der Waals surface area contributed by atoms with Crippen LogP contribution in [0.25, 0.3) is 10.4 Å². The zero-order valence-corrected chi connectivity index (χ0v) is 7.84. The second-order valence-corrected chi connectivity index (χ2v) is 4.49. The Morgan fingerprint density at radius 3 is 2.73 bits per heavy atom. The molecule has 0 N–H and O–H groups in total. The van der Waals surface area contributed by atoms with Crippen molar-refractivity contribution >= 4 is 22.7 Å². The third kappa shape index (κ3) is 1.37. The van der Waals surface area contributed by atoms with E-state index >= 15 is 0 Å². The summed E-state index contributed by atoms with van der Waals surface area (Å²) in [5.41, 5.74) is 1.36. The van der Waals surface area contributed by atoms with Gasteiger partial charge < -0.3 is 0 Å². The Morgan fingerprint density at radius 1 is 1.27 bits per heavy atom. The van der Waals surface area contributed by atoms with Crippen LogP contribution in [0.5, 0.6) is 0 Å². The Morgan fingerprint density at radius 2 is 2.18 bits per heavy atom. The number of aryl methyl sites for hydroxylation is 1. The summed E-state index contributed by atoms with van der Waals surface area (Å²) in [6.07, 6.45) is 0. The smallest absolute Gasteiger partial charge is 0.0351 e. The van der Waals surface area contributed by atoms with Crippen LogP contribution in [0.1, 0.15) is 4.88 Å². The van der Waals surface area contributed by atoms with Gasteiger partial charge in [0.25, 0.3) is 0 Å². The maximum absolute atomic E-state index is 2.23. The number of rotatable bonds is 1. The molecule has 0 unspecified atom stereocenters. The van der Waals surface area contributed by atoms with Crippen molar-refractivity contribution in [2.75, 3.05) is 0 Å². The first-order valence-corrected chi connectivity index (χ1v) is 5.21. The maximum Gasteiger partial charge on any atom is 0.0351 e. The van der Waals surface area contributed by atoms with Crippen LogP contribution in [0.3, 0.4) is 0 Å². The average Bonchev–Trinajstić information content (AvgIpc) is 2.55. The summed E-state index contributed by atoms with van der Waals surface area (Å²) in [7, 11) is 0. The molecule has 0 aliphatic rings. The highest BCUT2D eigenvalue weighted by atomic mass is 32.1. The summed E-state index contributed by atoms with van der Waals surface area (Å²) in [5, 5.41) is 4.32. The fraction of sp³-hybridized carbons (Fsp3) is 0.111. The van der Waals surface area contributed by atoms with Crippen LogP contribution in [-0.4, -0.2) is 0 Å². The molecule has 0 nitrogen and oxygen atoms in total. The fourth-order valence-corrected chi connectivity index (χ4v) is 2.51. The SMILES string of the molecule is Cc1cc(-c2cccs2)cs1. The van der Waals surface area contributed by atoms with E-state index in [1.54, 1.807) is 11.3 Å².